The first-order valence-corrected chi connectivity index (χ1v) is 6.88. The highest BCUT2D eigenvalue weighted by molar-refractivity contribution is 6.02. The van der Waals surface area contributed by atoms with Gasteiger partial charge in [-0.1, -0.05) is 19.0 Å². The van der Waals surface area contributed by atoms with E-state index in [-0.39, 0.29) is 5.84 Å². The van der Waals surface area contributed by atoms with Crippen LogP contribution in [-0.4, -0.2) is 31.2 Å². The molecule has 0 unspecified atom stereocenters. The molecule has 0 saturated carbocycles. The molecule has 1 fully saturated rings. The van der Waals surface area contributed by atoms with Crippen LogP contribution in [0.1, 0.15) is 32.3 Å². The van der Waals surface area contributed by atoms with Gasteiger partial charge in [0.25, 0.3) is 0 Å². The summed E-state index contributed by atoms with van der Waals surface area (Å²) in [6.07, 6.45) is 2.25. The number of amidine groups is 1. The zero-order valence-electron chi connectivity index (χ0n) is 12.4. The number of benzene rings is 1. The first-order valence-electron chi connectivity index (χ1n) is 6.88. The van der Waals surface area contributed by atoms with Gasteiger partial charge in [0, 0.05) is 24.7 Å². The van der Waals surface area contributed by atoms with Gasteiger partial charge in [0.15, 0.2) is 5.84 Å². The highest BCUT2D eigenvalue weighted by Crippen LogP contribution is 2.34. The maximum atomic E-state index is 8.93. The summed E-state index contributed by atoms with van der Waals surface area (Å²) in [4.78, 5) is 2.28. The molecule has 0 bridgehead atoms. The fourth-order valence-corrected chi connectivity index (χ4v) is 2.52. The van der Waals surface area contributed by atoms with Crippen molar-refractivity contribution in [3.8, 4) is 5.75 Å². The Hall–Kier alpha value is -1.91. The average molecular weight is 277 g/mol. The standard InChI is InChI=1S/C15H23N3O2/c1-15(2)6-8-18(9-7-15)13-10-11(20-3)4-5-12(13)14(16)17-19/h4-5,10,19H,6-9H2,1-3H3,(H2,16,17). The Morgan fingerprint density at radius 3 is 2.55 bits per heavy atom. The molecule has 0 radical (unpaired) electrons. The Kier molecular flexibility index (Phi) is 4.06. The van der Waals surface area contributed by atoms with Crippen molar-refractivity contribution in [1.82, 2.24) is 0 Å². The second kappa shape index (κ2) is 5.61. The number of piperidine rings is 1. The van der Waals surface area contributed by atoms with Crippen LogP contribution in [0.3, 0.4) is 0 Å². The third-order valence-electron chi connectivity index (χ3n) is 4.05. The van der Waals surface area contributed by atoms with Gasteiger partial charge in [0.1, 0.15) is 5.75 Å². The molecule has 1 saturated heterocycles. The Bertz CT molecular complexity index is 502. The molecule has 0 atom stereocenters. The number of rotatable bonds is 3. The van der Waals surface area contributed by atoms with Gasteiger partial charge in [-0.05, 0) is 30.4 Å². The predicted molar refractivity (Wildman–Crippen MR) is 80.7 cm³/mol. The Labute approximate surface area is 120 Å². The lowest BCUT2D eigenvalue weighted by Gasteiger charge is -2.39. The van der Waals surface area contributed by atoms with E-state index < -0.39 is 0 Å². The van der Waals surface area contributed by atoms with Gasteiger partial charge in [0.2, 0.25) is 0 Å². The van der Waals surface area contributed by atoms with Gasteiger partial charge in [-0.25, -0.2) is 0 Å². The van der Waals surface area contributed by atoms with Crippen molar-refractivity contribution in [2.45, 2.75) is 26.7 Å². The third-order valence-corrected chi connectivity index (χ3v) is 4.05. The molecule has 20 heavy (non-hydrogen) atoms. The van der Waals surface area contributed by atoms with Gasteiger partial charge >= 0.3 is 0 Å². The number of anilines is 1. The van der Waals surface area contributed by atoms with E-state index in [0.29, 0.717) is 5.41 Å². The highest BCUT2D eigenvalue weighted by Gasteiger charge is 2.27. The van der Waals surface area contributed by atoms with E-state index in [1.807, 2.05) is 18.2 Å². The van der Waals surface area contributed by atoms with E-state index in [4.69, 9.17) is 15.7 Å². The summed E-state index contributed by atoms with van der Waals surface area (Å²) in [6, 6.07) is 5.61. The second-order valence-corrected chi connectivity index (χ2v) is 6.02. The predicted octanol–water partition coefficient (Wildman–Crippen LogP) is 2.42. The van der Waals surface area contributed by atoms with Gasteiger partial charge < -0.3 is 20.6 Å². The molecule has 110 valence electrons. The molecule has 1 aliphatic rings. The number of nitrogens with zero attached hydrogens (tertiary/aromatic N) is 2. The van der Waals surface area contributed by atoms with E-state index in [1.165, 1.54) is 0 Å². The zero-order valence-corrected chi connectivity index (χ0v) is 12.4. The fourth-order valence-electron chi connectivity index (χ4n) is 2.52. The van der Waals surface area contributed by atoms with Crippen LogP contribution in [0.4, 0.5) is 5.69 Å². The van der Waals surface area contributed by atoms with Crippen molar-refractivity contribution < 1.29 is 9.94 Å². The summed E-state index contributed by atoms with van der Waals surface area (Å²) in [5, 5.41) is 12.1. The number of oxime groups is 1. The van der Waals surface area contributed by atoms with E-state index in [9.17, 15) is 0 Å². The van der Waals surface area contributed by atoms with Crippen molar-refractivity contribution in [3.63, 3.8) is 0 Å². The average Bonchev–Trinajstić information content (AvgIpc) is 2.46. The molecule has 5 nitrogen and oxygen atoms in total. The third kappa shape index (κ3) is 2.98. The lowest BCUT2D eigenvalue weighted by atomic mass is 9.82. The van der Waals surface area contributed by atoms with Crippen LogP contribution in [0.5, 0.6) is 5.75 Å². The summed E-state index contributed by atoms with van der Waals surface area (Å²) >= 11 is 0. The second-order valence-electron chi connectivity index (χ2n) is 6.02. The number of hydrogen-bond acceptors (Lipinski definition) is 4. The van der Waals surface area contributed by atoms with E-state index in [1.54, 1.807) is 7.11 Å². The topological polar surface area (TPSA) is 71.1 Å². The van der Waals surface area contributed by atoms with Crippen molar-refractivity contribution in [2.24, 2.45) is 16.3 Å². The van der Waals surface area contributed by atoms with Gasteiger partial charge in [-0.15, -0.1) is 0 Å². The lowest BCUT2D eigenvalue weighted by Crippen LogP contribution is -2.38. The number of methoxy groups -OCH3 is 1. The normalized spacial score (nSPS) is 18.9. The first-order chi connectivity index (χ1) is 9.46. The molecule has 0 amide bonds. The summed E-state index contributed by atoms with van der Waals surface area (Å²) in [7, 11) is 1.64. The Balaban J connectivity index is 2.33. The minimum atomic E-state index is 0.132. The largest absolute Gasteiger partial charge is 0.497 e. The monoisotopic (exact) mass is 277 g/mol. The summed E-state index contributed by atoms with van der Waals surface area (Å²) < 4.78 is 5.29. The van der Waals surface area contributed by atoms with Gasteiger partial charge in [0.05, 0.1) is 12.8 Å². The molecule has 5 heteroatoms. The minimum absolute atomic E-state index is 0.132. The van der Waals surface area contributed by atoms with Crippen LogP contribution in [0.2, 0.25) is 0 Å². The van der Waals surface area contributed by atoms with Crippen molar-refractivity contribution in [2.75, 3.05) is 25.1 Å². The molecule has 0 aromatic heterocycles. The Morgan fingerprint density at radius 1 is 1.35 bits per heavy atom. The quantitative estimate of drug-likeness (QED) is 0.385. The molecule has 0 spiro atoms. The van der Waals surface area contributed by atoms with E-state index >= 15 is 0 Å². The maximum absolute atomic E-state index is 8.93. The maximum Gasteiger partial charge on any atom is 0.172 e. The lowest BCUT2D eigenvalue weighted by molar-refractivity contribution is 0.279. The van der Waals surface area contributed by atoms with Crippen LogP contribution in [0.25, 0.3) is 0 Å². The molecule has 2 rings (SSSR count). The molecule has 0 aliphatic carbocycles. The molecule has 3 N–H and O–H groups in total. The van der Waals surface area contributed by atoms with Crippen LogP contribution < -0.4 is 15.4 Å². The first kappa shape index (κ1) is 14.5. The van der Waals surface area contributed by atoms with E-state index in [2.05, 4.69) is 23.9 Å². The molecule has 1 aromatic rings. The number of ether oxygens (including phenoxy) is 1. The van der Waals surface area contributed by atoms with Crippen LogP contribution in [0.15, 0.2) is 23.4 Å². The molecule has 1 heterocycles. The van der Waals surface area contributed by atoms with E-state index in [0.717, 1.165) is 42.9 Å². The summed E-state index contributed by atoms with van der Waals surface area (Å²) in [5.41, 5.74) is 7.87. The van der Waals surface area contributed by atoms with Gasteiger partial charge in [-0.3, -0.25) is 0 Å². The van der Waals surface area contributed by atoms with Crippen molar-refractivity contribution >= 4 is 11.5 Å². The van der Waals surface area contributed by atoms with Crippen molar-refractivity contribution in [1.29, 1.82) is 0 Å². The van der Waals surface area contributed by atoms with Crippen LogP contribution in [0, 0.1) is 5.41 Å². The summed E-state index contributed by atoms with van der Waals surface area (Å²) in [6.45, 7) is 6.51. The Morgan fingerprint density at radius 2 is 2.00 bits per heavy atom. The molecular formula is C15H23N3O2. The zero-order chi connectivity index (χ0) is 14.8. The molecular weight excluding hydrogens is 254 g/mol. The smallest absolute Gasteiger partial charge is 0.172 e. The van der Waals surface area contributed by atoms with Gasteiger partial charge in [-0.2, -0.15) is 0 Å². The number of hydrogen-bond donors (Lipinski definition) is 2. The highest BCUT2D eigenvalue weighted by atomic mass is 16.5. The summed E-state index contributed by atoms with van der Waals surface area (Å²) in [5.74, 6) is 0.909. The SMILES string of the molecule is COc1ccc(/C(N)=N/O)c(N2CCC(C)(C)CC2)c1. The molecule has 1 aromatic carbocycles. The minimum Gasteiger partial charge on any atom is -0.497 e. The van der Waals surface area contributed by atoms with Crippen LogP contribution >= 0.6 is 0 Å². The number of nitrogens with two attached hydrogens (primary N) is 1. The molecule has 1 aliphatic heterocycles. The fraction of sp³-hybridized carbons (Fsp3) is 0.533. The van der Waals surface area contributed by atoms with Crippen molar-refractivity contribution in [3.05, 3.63) is 23.8 Å². The van der Waals surface area contributed by atoms with Crippen LogP contribution in [-0.2, 0) is 0 Å².